The molecule has 5 nitrogen and oxygen atoms in total. The van der Waals surface area contributed by atoms with Gasteiger partial charge >= 0.3 is 0 Å². The maximum Gasteiger partial charge on any atom is 0.276 e. The number of amides is 1. The van der Waals surface area contributed by atoms with Crippen molar-refractivity contribution in [2.75, 3.05) is 5.32 Å². The monoisotopic (exact) mass is 238 g/mol. The number of benzene rings is 1. The lowest BCUT2D eigenvalue weighted by atomic mass is 10.2. The van der Waals surface area contributed by atoms with Crippen LogP contribution in [0.1, 0.15) is 10.5 Å². The van der Waals surface area contributed by atoms with Gasteiger partial charge in [-0.05, 0) is 18.2 Å². The predicted octanol–water partition coefficient (Wildman–Crippen LogP) is 2.21. The van der Waals surface area contributed by atoms with E-state index in [0.29, 0.717) is 11.4 Å². The second-order valence-corrected chi connectivity index (χ2v) is 3.81. The molecule has 0 unspecified atom stereocenters. The zero-order valence-electron chi connectivity index (χ0n) is 9.42. The van der Waals surface area contributed by atoms with E-state index >= 15 is 0 Å². The number of anilines is 1. The van der Waals surface area contributed by atoms with Crippen LogP contribution in [0.4, 0.5) is 5.69 Å². The molecule has 1 aromatic carbocycles. The molecule has 2 heterocycles. The van der Waals surface area contributed by atoms with Crippen molar-refractivity contribution >= 4 is 22.5 Å². The lowest BCUT2D eigenvalue weighted by molar-refractivity contribution is 0.102. The van der Waals surface area contributed by atoms with Crippen molar-refractivity contribution in [1.82, 2.24) is 15.2 Å². The van der Waals surface area contributed by atoms with Crippen LogP contribution in [0, 0.1) is 0 Å². The van der Waals surface area contributed by atoms with Crippen molar-refractivity contribution < 1.29 is 4.79 Å². The maximum absolute atomic E-state index is 12.1. The Kier molecular flexibility index (Phi) is 2.49. The average molecular weight is 238 g/mol. The van der Waals surface area contributed by atoms with Crippen molar-refractivity contribution in [2.24, 2.45) is 0 Å². The third-order valence-electron chi connectivity index (χ3n) is 2.60. The molecule has 2 aromatic heterocycles. The van der Waals surface area contributed by atoms with E-state index in [-0.39, 0.29) is 5.91 Å². The first-order chi connectivity index (χ1) is 8.84. The summed E-state index contributed by atoms with van der Waals surface area (Å²) in [5.74, 6) is -0.250. The summed E-state index contributed by atoms with van der Waals surface area (Å²) in [5.41, 5.74) is 1.87. The van der Waals surface area contributed by atoms with Crippen LogP contribution in [0.2, 0.25) is 0 Å². The summed E-state index contributed by atoms with van der Waals surface area (Å²) in [6.45, 7) is 0. The summed E-state index contributed by atoms with van der Waals surface area (Å²) < 4.78 is 0. The summed E-state index contributed by atoms with van der Waals surface area (Å²) in [6.07, 6.45) is 3.24. The number of para-hydroxylation sites is 1. The Morgan fingerprint density at radius 3 is 2.89 bits per heavy atom. The van der Waals surface area contributed by atoms with Gasteiger partial charge in [-0.3, -0.25) is 14.9 Å². The fourth-order valence-corrected chi connectivity index (χ4v) is 1.76. The molecule has 0 saturated heterocycles. The molecule has 0 aliphatic carbocycles. The summed E-state index contributed by atoms with van der Waals surface area (Å²) in [5, 5.41) is 10.4. The molecule has 0 bridgehead atoms. The number of nitrogens with zero attached hydrogens (tertiary/aromatic N) is 2. The van der Waals surface area contributed by atoms with Crippen LogP contribution in [-0.4, -0.2) is 21.1 Å². The number of carbonyl (C=O) groups excluding carboxylic acids is 1. The molecule has 0 spiro atoms. The topological polar surface area (TPSA) is 70.7 Å². The van der Waals surface area contributed by atoms with E-state index < -0.39 is 0 Å². The van der Waals surface area contributed by atoms with Crippen molar-refractivity contribution in [2.45, 2.75) is 0 Å². The SMILES string of the molecule is O=C(Nc1cccnc1)c1n[nH]c2ccccc12. The molecule has 0 saturated carbocycles. The number of carbonyl (C=O) groups is 1. The number of hydrogen-bond acceptors (Lipinski definition) is 3. The minimum absolute atomic E-state index is 0.250. The largest absolute Gasteiger partial charge is 0.319 e. The van der Waals surface area contributed by atoms with Crippen molar-refractivity contribution in [1.29, 1.82) is 0 Å². The third kappa shape index (κ3) is 1.82. The highest BCUT2D eigenvalue weighted by Crippen LogP contribution is 2.16. The summed E-state index contributed by atoms with van der Waals surface area (Å²) in [7, 11) is 0. The van der Waals surface area contributed by atoms with Gasteiger partial charge in [0.15, 0.2) is 5.69 Å². The minimum atomic E-state index is -0.250. The second-order valence-electron chi connectivity index (χ2n) is 3.81. The number of hydrogen-bond donors (Lipinski definition) is 2. The van der Waals surface area contributed by atoms with Gasteiger partial charge in [-0.1, -0.05) is 18.2 Å². The third-order valence-corrected chi connectivity index (χ3v) is 2.60. The van der Waals surface area contributed by atoms with Crippen LogP contribution in [0.5, 0.6) is 0 Å². The number of H-pyrrole nitrogens is 1. The number of pyridine rings is 1. The minimum Gasteiger partial charge on any atom is -0.319 e. The molecule has 18 heavy (non-hydrogen) atoms. The van der Waals surface area contributed by atoms with Crippen LogP contribution in [0.15, 0.2) is 48.8 Å². The Labute approximate surface area is 103 Å². The second kappa shape index (κ2) is 4.29. The first-order valence-corrected chi connectivity index (χ1v) is 5.49. The molecule has 0 aliphatic heterocycles. The standard InChI is InChI=1S/C13H10N4O/c18-13(15-9-4-3-7-14-8-9)12-10-5-1-2-6-11(10)16-17-12/h1-8H,(H,15,18)(H,16,17). The molecule has 1 amide bonds. The van der Waals surface area contributed by atoms with Crippen molar-refractivity contribution in [3.8, 4) is 0 Å². The van der Waals surface area contributed by atoms with Gasteiger partial charge in [0, 0.05) is 11.6 Å². The Bertz CT molecular complexity index is 690. The van der Waals surface area contributed by atoms with Gasteiger partial charge in [-0.15, -0.1) is 0 Å². The van der Waals surface area contributed by atoms with E-state index in [4.69, 9.17) is 0 Å². The predicted molar refractivity (Wildman–Crippen MR) is 68.3 cm³/mol. The molecular weight excluding hydrogens is 228 g/mol. The number of aromatic nitrogens is 3. The molecule has 0 radical (unpaired) electrons. The molecule has 3 rings (SSSR count). The fraction of sp³-hybridized carbons (Fsp3) is 0. The van der Waals surface area contributed by atoms with Crippen LogP contribution >= 0.6 is 0 Å². The fourth-order valence-electron chi connectivity index (χ4n) is 1.76. The number of fused-ring (bicyclic) bond motifs is 1. The first-order valence-electron chi connectivity index (χ1n) is 5.49. The van der Waals surface area contributed by atoms with E-state index in [2.05, 4.69) is 20.5 Å². The first kappa shape index (κ1) is 10.5. The highest BCUT2D eigenvalue weighted by molar-refractivity contribution is 6.10. The van der Waals surface area contributed by atoms with Gasteiger partial charge in [-0.2, -0.15) is 5.10 Å². The van der Waals surface area contributed by atoms with Gasteiger partial charge < -0.3 is 5.32 Å². The van der Waals surface area contributed by atoms with Gasteiger partial charge in [0.1, 0.15) is 0 Å². The van der Waals surface area contributed by atoms with Crippen molar-refractivity contribution in [3.63, 3.8) is 0 Å². The Balaban J connectivity index is 1.93. The Morgan fingerprint density at radius 2 is 2.06 bits per heavy atom. The summed E-state index contributed by atoms with van der Waals surface area (Å²) in [6, 6.07) is 11.0. The van der Waals surface area contributed by atoms with E-state index in [0.717, 1.165) is 10.9 Å². The van der Waals surface area contributed by atoms with Gasteiger partial charge in [0.25, 0.3) is 5.91 Å². The van der Waals surface area contributed by atoms with Crippen LogP contribution < -0.4 is 5.32 Å². The normalized spacial score (nSPS) is 10.4. The molecule has 88 valence electrons. The highest BCUT2D eigenvalue weighted by atomic mass is 16.1. The summed E-state index contributed by atoms with van der Waals surface area (Å²) >= 11 is 0. The van der Waals surface area contributed by atoms with Gasteiger partial charge in [0.2, 0.25) is 0 Å². The molecule has 3 aromatic rings. The van der Waals surface area contributed by atoms with Crippen molar-refractivity contribution in [3.05, 3.63) is 54.5 Å². The summed E-state index contributed by atoms with van der Waals surface area (Å²) in [4.78, 5) is 16.0. The van der Waals surface area contributed by atoms with E-state index in [1.165, 1.54) is 0 Å². The molecule has 0 atom stereocenters. The number of nitrogens with one attached hydrogen (secondary N) is 2. The van der Waals surface area contributed by atoms with Crippen LogP contribution in [0.3, 0.4) is 0 Å². The number of aromatic amines is 1. The van der Waals surface area contributed by atoms with Crippen LogP contribution in [0.25, 0.3) is 10.9 Å². The van der Waals surface area contributed by atoms with Crippen LogP contribution in [-0.2, 0) is 0 Å². The molecule has 2 N–H and O–H groups in total. The lowest BCUT2D eigenvalue weighted by Crippen LogP contribution is -2.12. The Morgan fingerprint density at radius 1 is 1.17 bits per heavy atom. The Hall–Kier alpha value is -2.69. The molecule has 0 fully saturated rings. The maximum atomic E-state index is 12.1. The quantitative estimate of drug-likeness (QED) is 0.719. The smallest absolute Gasteiger partial charge is 0.276 e. The molecule has 0 aliphatic rings. The van der Waals surface area contributed by atoms with Gasteiger partial charge in [-0.25, -0.2) is 0 Å². The van der Waals surface area contributed by atoms with E-state index in [9.17, 15) is 4.79 Å². The average Bonchev–Trinajstić information content (AvgIpc) is 2.84. The van der Waals surface area contributed by atoms with Gasteiger partial charge in [0.05, 0.1) is 17.4 Å². The molecular formula is C13H10N4O. The highest BCUT2D eigenvalue weighted by Gasteiger charge is 2.13. The zero-order valence-corrected chi connectivity index (χ0v) is 9.42. The molecule has 5 heteroatoms. The number of rotatable bonds is 2. The van der Waals surface area contributed by atoms with E-state index in [1.54, 1.807) is 24.5 Å². The van der Waals surface area contributed by atoms with E-state index in [1.807, 2.05) is 24.3 Å². The zero-order chi connectivity index (χ0) is 12.4. The lowest BCUT2D eigenvalue weighted by Gasteiger charge is -2.01.